The normalized spacial score (nSPS) is 21.7. The average molecular weight is 438 g/mol. The van der Waals surface area contributed by atoms with Crippen molar-refractivity contribution in [2.24, 2.45) is 0 Å². The molecule has 2 aromatic rings. The number of amides is 2. The van der Waals surface area contributed by atoms with Crippen molar-refractivity contribution in [1.82, 2.24) is 4.90 Å². The summed E-state index contributed by atoms with van der Waals surface area (Å²) in [6.07, 6.45) is 2.91. The van der Waals surface area contributed by atoms with Crippen LogP contribution in [0, 0.1) is 5.82 Å². The van der Waals surface area contributed by atoms with Crippen LogP contribution in [0.25, 0.3) is 0 Å². The van der Waals surface area contributed by atoms with Crippen LogP contribution in [-0.2, 0) is 22.6 Å². The number of anilines is 2. The van der Waals surface area contributed by atoms with E-state index in [1.807, 2.05) is 29.2 Å². The first-order chi connectivity index (χ1) is 15.5. The van der Waals surface area contributed by atoms with Crippen LogP contribution in [0.2, 0.25) is 0 Å². The predicted octanol–water partition coefficient (Wildman–Crippen LogP) is 4.11. The van der Waals surface area contributed by atoms with Crippen LogP contribution in [0.3, 0.4) is 0 Å². The molecular formula is C25H28FN3O3. The molecule has 1 atom stereocenters. The van der Waals surface area contributed by atoms with E-state index >= 15 is 0 Å². The van der Waals surface area contributed by atoms with Gasteiger partial charge in [0.1, 0.15) is 12.4 Å². The van der Waals surface area contributed by atoms with Gasteiger partial charge in [0.25, 0.3) is 0 Å². The molecule has 3 heterocycles. The number of aryl methyl sites for hydroxylation is 1. The first-order valence-electron chi connectivity index (χ1n) is 11.4. The molecule has 2 aromatic carbocycles. The largest absolute Gasteiger partial charge is 0.444 e. The van der Waals surface area contributed by atoms with E-state index in [1.165, 1.54) is 6.07 Å². The number of hydrogen-bond acceptors (Lipinski definition) is 4. The van der Waals surface area contributed by atoms with Gasteiger partial charge < -0.3 is 9.64 Å². The van der Waals surface area contributed by atoms with E-state index in [0.29, 0.717) is 13.2 Å². The molecule has 3 aliphatic rings. The standard InChI is InChI=1S/C25H28FN3O3/c1-17-6-7-18-14-20(26)8-9-23(18)28(17)24(30)15-27-12-10-21(11-13-27)29-22-5-3-2-4-19(22)16-32-25(29)31/h2-5,8-9,14,17,21H,6-7,10-13,15-16H2,1H3. The minimum absolute atomic E-state index is 0.0474. The van der Waals surface area contributed by atoms with Crippen molar-refractivity contribution < 1.29 is 18.7 Å². The monoisotopic (exact) mass is 437 g/mol. The fourth-order valence-corrected chi connectivity index (χ4v) is 5.22. The van der Waals surface area contributed by atoms with E-state index in [2.05, 4.69) is 11.8 Å². The third kappa shape index (κ3) is 3.86. The molecule has 0 spiro atoms. The van der Waals surface area contributed by atoms with Gasteiger partial charge >= 0.3 is 6.09 Å². The highest BCUT2D eigenvalue weighted by Gasteiger charge is 2.35. The molecule has 0 aromatic heterocycles. The Bertz CT molecular complexity index is 1030. The molecule has 0 N–H and O–H groups in total. The number of ether oxygens (including phenoxy) is 1. The molecule has 1 fully saturated rings. The third-order valence-corrected chi connectivity index (χ3v) is 6.92. The van der Waals surface area contributed by atoms with E-state index < -0.39 is 0 Å². The maximum Gasteiger partial charge on any atom is 0.414 e. The van der Waals surface area contributed by atoms with E-state index in [0.717, 1.165) is 61.3 Å². The minimum atomic E-state index is -0.288. The highest BCUT2D eigenvalue weighted by molar-refractivity contribution is 5.96. The lowest BCUT2D eigenvalue weighted by molar-refractivity contribution is -0.120. The first-order valence-corrected chi connectivity index (χ1v) is 11.4. The van der Waals surface area contributed by atoms with Gasteiger partial charge in [-0.25, -0.2) is 9.18 Å². The summed E-state index contributed by atoms with van der Waals surface area (Å²) in [6.45, 7) is 4.17. The van der Waals surface area contributed by atoms with Crippen LogP contribution in [0.1, 0.15) is 37.3 Å². The molecule has 168 valence electrons. The SMILES string of the molecule is CC1CCc2cc(F)ccc2N1C(=O)CN1CCC(N2C(=O)OCc3ccccc32)CC1. The number of likely N-dealkylation sites (tertiary alicyclic amines) is 1. The van der Waals surface area contributed by atoms with Crippen molar-refractivity contribution in [3.05, 3.63) is 59.4 Å². The van der Waals surface area contributed by atoms with Crippen LogP contribution in [0.4, 0.5) is 20.6 Å². The van der Waals surface area contributed by atoms with E-state index in [4.69, 9.17) is 4.74 Å². The number of carbonyl (C=O) groups excluding carboxylic acids is 2. The molecule has 1 unspecified atom stereocenters. The van der Waals surface area contributed by atoms with Gasteiger partial charge in [-0.2, -0.15) is 0 Å². The Balaban J connectivity index is 1.24. The Kier molecular flexibility index (Phi) is 5.59. The molecule has 0 aliphatic carbocycles. The highest BCUT2D eigenvalue weighted by Crippen LogP contribution is 2.33. The molecular weight excluding hydrogens is 409 g/mol. The van der Waals surface area contributed by atoms with Crippen molar-refractivity contribution in [1.29, 1.82) is 0 Å². The first kappa shape index (κ1) is 20.9. The summed E-state index contributed by atoms with van der Waals surface area (Å²) in [5.74, 6) is -0.211. The number of rotatable bonds is 3. The van der Waals surface area contributed by atoms with Crippen molar-refractivity contribution in [2.45, 2.75) is 51.3 Å². The molecule has 0 bridgehead atoms. The van der Waals surface area contributed by atoms with Crippen molar-refractivity contribution in [3.63, 3.8) is 0 Å². The molecule has 0 saturated carbocycles. The zero-order valence-electron chi connectivity index (χ0n) is 18.3. The Morgan fingerprint density at radius 3 is 2.66 bits per heavy atom. The second kappa shape index (κ2) is 8.54. The topological polar surface area (TPSA) is 53.1 Å². The van der Waals surface area contributed by atoms with Crippen LogP contribution in [0.5, 0.6) is 0 Å². The van der Waals surface area contributed by atoms with Gasteiger partial charge in [0.05, 0.1) is 12.2 Å². The van der Waals surface area contributed by atoms with Gasteiger partial charge in [0.2, 0.25) is 5.91 Å². The lowest BCUT2D eigenvalue weighted by atomic mass is 9.96. The summed E-state index contributed by atoms with van der Waals surface area (Å²) >= 11 is 0. The molecule has 2 amide bonds. The molecule has 3 aliphatic heterocycles. The molecule has 32 heavy (non-hydrogen) atoms. The molecule has 5 rings (SSSR count). The van der Waals surface area contributed by atoms with E-state index in [1.54, 1.807) is 17.0 Å². The number of carbonyl (C=O) groups is 2. The minimum Gasteiger partial charge on any atom is -0.444 e. The van der Waals surface area contributed by atoms with Crippen LogP contribution < -0.4 is 9.80 Å². The number of para-hydroxylation sites is 1. The number of halogens is 1. The van der Waals surface area contributed by atoms with Gasteiger partial charge in [-0.3, -0.25) is 14.6 Å². The zero-order valence-corrected chi connectivity index (χ0v) is 18.3. The van der Waals surface area contributed by atoms with Crippen molar-refractivity contribution >= 4 is 23.4 Å². The van der Waals surface area contributed by atoms with Gasteiger partial charge in [0, 0.05) is 36.4 Å². The Morgan fingerprint density at radius 2 is 1.84 bits per heavy atom. The van der Waals surface area contributed by atoms with Crippen LogP contribution >= 0.6 is 0 Å². The Hall–Kier alpha value is -2.93. The number of fused-ring (bicyclic) bond motifs is 2. The Morgan fingerprint density at radius 1 is 1.06 bits per heavy atom. The van der Waals surface area contributed by atoms with Gasteiger partial charge in [0.15, 0.2) is 0 Å². The van der Waals surface area contributed by atoms with Crippen molar-refractivity contribution in [3.8, 4) is 0 Å². The third-order valence-electron chi connectivity index (χ3n) is 6.92. The van der Waals surface area contributed by atoms with Gasteiger partial charge in [-0.05, 0) is 62.4 Å². The summed E-state index contributed by atoms with van der Waals surface area (Å²) in [6, 6.07) is 12.7. The smallest absolute Gasteiger partial charge is 0.414 e. The lowest BCUT2D eigenvalue weighted by Crippen LogP contribution is -2.52. The maximum atomic E-state index is 13.7. The predicted molar refractivity (Wildman–Crippen MR) is 120 cm³/mol. The number of nitrogens with zero attached hydrogens (tertiary/aromatic N) is 3. The van der Waals surface area contributed by atoms with E-state index in [9.17, 15) is 14.0 Å². The number of piperidine rings is 1. The van der Waals surface area contributed by atoms with Crippen molar-refractivity contribution in [2.75, 3.05) is 29.4 Å². The lowest BCUT2D eigenvalue weighted by Gasteiger charge is -2.41. The second-order valence-electron chi connectivity index (χ2n) is 8.99. The fraction of sp³-hybridized carbons (Fsp3) is 0.440. The van der Waals surface area contributed by atoms with Crippen LogP contribution in [-0.4, -0.2) is 48.6 Å². The van der Waals surface area contributed by atoms with E-state index in [-0.39, 0.29) is 29.9 Å². The molecule has 6 nitrogen and oxygen atoms in total. The molecule has 7 heteroatoms. The fourth-order valence-electron chi connectivity index (χ4n) is 5.22. The highest BCUT2D eigenvalue weighted by atomic mass is 19.1. The van der Waals surface area contributed by atoms with Gasteiger partial charge in [-0.1, -0.05) is 18.2 Å². The quantitative estimate of drug-likeness (QED) is 0.725. The summed E-state index contributed by atoms with van der Waals surface area (Å²) in [5, 5.41) is 0. The number of hydrogen-bond donors (Lipinski definition) is 0. The van der Waals surface area contributed by atoms with Crippen LogP contribution in [0.15, 0.2) is 42.5 Å². The summed E-state index contributed by atoms with van der Waals surface area (Å²) in [4.78, 5) is 31.5. The Labute approximate surface area is 187 Å². The zero-order chi connectivity index (χ0) is 22.2. The average Bonchev–Trinajstić information content (AvgIpc) is 2.80. The summed E-state index contributed by atoms with van der Waals surface area (Å²) < 4.78 is 19.0. The number of cyclic esters (lactones) is 1. The summed E-state index contributed by atoms with van der Waals surface area (Å²) in [5.41, 5.74) is 3.69. The number of benzene rings is 2. The summed E-state index contributed by atoms with van der Waals surface area (Å²) in [7, 11) is 0. The maximum absolute atomic E-state index is 13.7. The molecule has 1 saturated heterocycles. The van der Waals surface area contributed by atoms with Gasteiger partial charge in [-0.15, -0.1) is 0 Å². The second-order valence-corrected chi connectivity index (χ2v) is 8.99. The molecule has 0 radical (unpaired) electrons.